The zero-order chi connectivity index (χ0) is 13.6. The predicted octanol–water partition coefficient (Wildman–Crippen LogP) is 4.08. The van der Waals surface area contributed by atoms with E-state index in [1.54, 1.807) is 0 Å². The number of rotatable bonds is 8. The van der Waals surface area contributed by atoms with Crippen molar-refractivity contribution in [2.24, 2.45) is 5.92 Å². The third kappa shape index (κ3) is 6.15. The van der Waals surface area contributed by atoms with Crippen LogP contribution in [-0.2, 0) is 0 Å². The Morgan fingerprint density at radius 2 is 1.65 bits per heavy atom. The molecule has 0 aromatic heterocycles. The number of hydrogen-bond donors (Lipinski definition) is 0. The molecular formula is C12H24BF3N-. The molecule has 0 rings (SSSR count). The Bertz CT molecular complexity index is 234. The van der Waals surface area contributed by atoms with Gasteiger partial charge < -0.3 is 12.9 Å². The van der Waals surface area contributed by atoms with Crippen molar-refractivity contribution in [2.45, 2.75) is 46.6 Å². The van der Waals surface area contributed by atoms with Crippen molar-refractivity contribution in [3.05, 3.63) is 12.1 Å². The first kappa shape index (κ1) is 16.6. The van der Waals surface area contributed by atoms with E-state index in [1.807, 2.05) is 32.6 Å². The lowest BCUT2D eigenvalue weighted by Gasteiger charge is -2.34. The second-order valence-electron chi connectivity index (χ2n) is 5.03. The average molecular weight is 250 g/mol. The first-order valence-electron chi connectivity index (χ1n) is 6.33. The minimum atomic E-state index is -4.91. The van der Waals surface area contributed by atoms with E-state index in [4.69, 9.17) is 0 Å². The quantitative estimate of drug-likeness (QED) is 0.587. The van der Waals surface area contributed by atoms with Gasteiger partial charge in [0.05, 0.1) is 0 Å². The van der Waals surface area contributed by atoms with Gasteiger partial charge >= 0.3 is 6.98 Å². The van der Waals surface area contributed by atoms with Gasteiger partial charge in [0.25, 0.3) is 0 Å². The highest BCUT2D eigenvalue weighted by Crippen LogP contribution is 2.21. The Hall–Kier alpha value is -0.445. The van der Waals surface area contributed by atoms with Crippen LogP contribution in [0.1, 0.15) is 40.5 Å². The van der Waals surface area contributed by atoms with Crippen LogP contribution in [0.3, 0.4) is 0 Å². The molecule has 0 fully saturated rings. The lowest BCUT2D eigenvalue weighted by molar-refractivity contribution is 0.180. The largest absolute Gasteiger partial charge is 0.506 e. The molecule has 0 unspecified atom stereocenters. The van der Waals surface area contributed by atoms with Crippen molar-refractivity contribution in [3.8, 4) is 0 Å². The molecule has 0 saturated heterocycles. The monoisotopic (exact) mass is 250 g/mol. The van der Waals surface area contributed by atoms with Crippen molar-refractivity contribution in [3.63, 3.8) is 0 Å². The van der Waals surface area contributed by atoms with Gasteiger partial charge in [0, 0.05) is 12.6 Å². The van der Waals surface area contributed by atoms with E-state index in [2.05, 4.69) is 6.58 Å². The number of halogens is 3. The standard InChI is InChI=1S/C12H24BF3N/c1-6-12(7-2)17(8-10(3)4)9-11(5)13(14,15)16/h10,12H,5-9H2,1-4H3/q-1. The molecule has 0 N–H and O–H groups in total. The average Bonchev–Trinajstić information content (AvgIpc) is 2.16. The third-order valence-corrected chi connectivity index (χ3v) is 2.93. The van der Waals surface area contributed by atoms with Gasteiger partial charge in [0.1, 0.15) is 0 Å². The van der Waals surface area contributed by atoms with Crippen molar-refractivity contribution in [2.75, 3.05) is 13.1 Å². The highest BCUT2D eigenvalue weighted by atomic mass is 19.4. The normalized spacial score (nSPS) is 12.8. The van der Waals surface area contributed by atoms with Crippen LogP contribution < -0.4 is 0 Å². The number of hydrogen-bond acceptors (Lipinski definition) is 1. The van der Waals surface area contributed by atoms with Gasteiger partial charge in [-0.15, -0.1) is 12.1 Å². The molecule has 0 radical (unpaired) electrons. The minimum Gasteiger partial charge on any atom is -0.445 e. The molecule has 0 aliphatic carbocycles. The molecule has 0 saturated carbocycles. The summed E-state index contributed by atoms with van der Waals surface area (Å²) < 4.78 is 37.7. The van der Waals surface area contributed by atoms with Crippen LogP contribution in [0.25, 0.3) is 0 Å². The van der Waals surface area contributed by atoms with E-state index in [9.17, 15) is 12.9 Å². The SMILES string of the molecule is C=C(CN(CC(C)C)C(CC)CC)[B-](F)(F)F. The molecule has 0 heterocycles. The molecule has 0 amide bonds. The van der Waals surface area contributed by atoms with Gasteiger partial charge in [0.2, 0.25) is 0 Å². The molecule has 0 aliphatic heterocycles. The summed E-state index contributed by atoms with van der Waals surface area (Å²) in [6.07, 6.45) is 1.75. The molecule has 0 atom stereocenters. The molecule has 5 heteroatoms. The fourth-order valence-electron chi connectivity index (χ4n) is 1.98. The second kappa shape index (κ2) is 7.09. The molecule has 0 spiro atoms. The molecule has 0 aliphatic rings. The molecule has 1 nitrogen and oxygen atoms in total. The maximum absolute atomic E-state index is 12.6. The van der Waals surface area contributed by atoms with Crippen molar-refractivity contribution in [1.29, 1.82) is 0 Å². The summed E-state index contributed by atoms with van der Waals surface area (Å²) in [6, 6.07) is 0.215. The summed E-state index contributed by atoms with van der Waals surface area (Å²) in [5, 5.41) is 0. The lowest BCUT2D eigenvalue weighted by atomic mass is 9.80. The van der Waals surface area contributed by atoms with Gasteiger partial charge in [-0.1, -0.05) is 27.7 Å². The van der Waals surface area contributed by atoms with Crippen LogP contribution in [0, 0.1) is 5.92 Å². The summed E-state index contributed by atoms with van der Waals surface area (Å²) >= 11 is 0. The summed E-state index contributed by atoms with van der Waals surface area (Å²) in [5.74, 6) is 0.365. The maximum atomic E-state index is 12.6. The molecule has 102 valence electrons. The van der Waals surface area contributed by atoms with Crippen LogP contribution >= 0.6 is 0 Å². The zero-order valence-electron chi connectivity index (χ0n) is 11.3. The van der Waals surface area contributed by atoms with Crippen LogP contribution in [0.4, 0.5) is 12.9 Å². The fourth-order valence-corrected chi connectivity index (χ4v) is 1.98. The van der Waals surface area contributed by atoms with Crippen molar-refractivity contribution < 1.29 is 12.9 Å². The summed E-state index contributed by atoms with van der Waals surface area (Å²) in [6.45, 7) is 7.00. The van der Waals surface area contributed by atoms with Gasteiger partial charge in [-0.05, 0) is 25.3 Å². The van der Waals surface area contributed by atoms with E-state index in [0.717, 1.165) is 12.8 Å². The van der Waals surface area contributed by atoms with Crippen molar-refractivity contribution >= 4 is 6.98 Å². The van der Waals surface area contributed by atoms with Crippen LogP contribution in [0.15, 0.2) is 12.1 Å². The van der Waals surface area contributed by atoms with Crippen LogP contribution in [-0.4, -0.2) is 31.0 Å². The Labute approximate surface area is 103 Å². The zero-order valence-corrected chi connectivity index (χ0v) is 11.3. The first-order valence-corrected chi connectivity index (χ1v) is 6.33. The van der Waals surface area contributed by atoms with E-state index >= 15 is 0 Å². The first-order chi connectivity index (χ1) is 7.72. The van der Waals surface area contributed by atoms with E-state index in [0.29, 0.717) is 12.5 Å². The lowest BCUT2D eigenvalue weighted by Crippen LogP contribution is -2.41. The Morgan fingerprint density at radius 1 is 1.18 bits per heavy atom. The summed E-state index contributed by atoms with van der Waals surface area (Å²) in [5.41, 5.74) is -0.586. The van der Waals surface area contributed by atoms with E-state index in [1.165, 1.54) is 0 Å². The molecule has 0 aromatic carbocycles. The molecule has 0 bridgehead atoms. The Morgan fingerprint density at radius 3 is 1.94 bits per heavy atom. The second-order valence-corrected chi connectivity index (χ2v) is 5.03. The highest BCUT2D eigenvalue weighted by molar-refractivity contribution is 6.66. The fraction of sp³-hybridized carbons (Fsp3) is 0.833. The molecule has 17 heavy (non-hydrogen) atoms. The smallest absolute Gasteiger partial charge is 0.445 e. The number of nitrogens with zero attached hydrogens (tertiary/aromatic N) is 1. The Kier molecular flexibility index (Phi) is 6.91. The van der Waals surface area contributed by atoms with E-state index < -0.39 is 12.4 Å². The minimum absolute atomic E-state index is 0.0476. The maximum Gasteiger partial charge on any atom is 0.506 e. The van der Waals surface area contributed by atoms with Gasteiger partial charge in [-0.2, -0.15) is 0 Å². The van der Waals surface area contributed by atoms with Crippen LogP contribution in [0.2, 0.25) is 0 Å². The summed E-state index contributed by atoms with van der Waals surface area (Å²) in [7, 11) is 0. The van der Waals surface area contributed by atoms with Gasteiger partial charge in [-0.25, -0.2) is 0 Å². The third-order valence-electron chi connectivity index (χ3n) is 2.93. The van der Waals surface area contributed by atoms with Gasteiger partial charge in [-0.3, -0.25) is 4.90 Å². The van der Waals surface area contributed by atoms with Crippen molar-refractivity contribution in [1.82, 2.24) is 4.90 Å². The van der Waals surface area contributed by atoms with Crippen LogP contribution in [0.5, 0.6) is 0 Å². The molecule has 0 aromatic rings. The topological polar surface area (TPSA) is 3.24 Å². The summed E-state index contributed by atoms with van der Waals surface area (Å²) in [4.78, 5) is 1.92. The highest BCUT2D eigenvalue weighted by Gasteiger charge is 2.29. The Balaban J connectivity index is 4.64. The van der Waals surface area contributed by atoms with E-state index in [-0.39, 0.29) is 12.6 Å². The van der Waals surface area contributed by atoms with Gasteiger partial charge in [0.15, 0.2) is 0 Å². The predicted molar refractivity (Wildman–Crippen MR) is 69.0 cm³/mol. The molecular weight excluding hydrogens is 226 g/mol.